The first-order valence-corrected chi connectivity index (χ1v) is 7.01. The first kappa shape index (κ1) is 18.2. The zero-order chi connectivity index (χ0) is 17.9. The van der Waals surface area contributed by atoms with Crippen molar-refractivity contribution in [2.24, 2.45) is 0 Å². The maximum atomic E-state index is 13.7. The third-order valence-corrected chi connectivity index (χ3v) is 3.54. The van der Waals surface area contributed by atoms with Crippen LogP contribution in [0.2, 0.25) is 5.02 Å². The summed E-state index contributed by atoms with van der Waals surface area (Å²) < 4.78 is 45.4. The number of carbonyl (C=O) groups is 1. The molecule has 4 nitrogen and oxygen atoms in total. The fourth-order valence-electron chi connectivity index (χ4n) is 2.12. The molecule has 0 radical (unpaired) electrons. The Morgan fingerprint density at radius 3 is 2.42 bits per heavy atom. The van der Waals surface area contributed by atoms with E-state index in [2.05, 4.69) is 10.3 Å². The van der Waals surface area contributed by atoms with Crippen molar-refractivity contribution >= 4 is 17.6 Å². The molecule has 1 aromatic heterocycles. The molecule has 0 saturated carbocycles. The van der Waals surface area contributed by atoms with Gasteiger partial charge in [0.05, 0.1) is 10.6 Å². The lowest BCUT2D eigenvalue weighted by atomic mass is 10.0. The summed E-state index contributed by atoms with van der Waals surface area (Å²) in [4.78, 5) is 12.5. The molecule has 0 amide bonds. The number of hydrogen-bond acceptors (Lipinski definition) is 3. The maximum Gasteiger partial charge on any atom is 0.490 e. The second kappa shape index (κ2) is 7.14. The zero-order valence-corrected chi connectivity index (χ0v) is 12.7. The summed E-state index contributed by atoms with van der Waals surface area (Å²) in [6.45, 7) is 1.70. The van der Waals surface area contributed by atoms with Crippen molar-refractivity contribution in [3.8, 4) is 11.1 Å². The highest BCUT2D eigenvalue weighted by atomic mass is 35.5. The quantitative estimate of drug-likeness (QED) is 0.598. The molecule has 2 heterocycles. The molecule has 2 N–H and O–H groups in total. The number of rotatable bonds is 1. The molecule has 0 atom stereocenters. The number of alkyl halides is 3. The zero-order valence-electron chi connectivity index (χ0n) is 12.0. The number of carboxylic acids is 1. The van der Waals surface area contributed by atoms with E-state index in [9.17, 15) is 17.6 Å². The number of hydrogen-bond donors (Lipinski definition) is 2. The fourth-order valence-corrected chi connectivity index (χ4v) is 2.37. The van der Waals surface area contributed by atoms with Crippen molar-refractivity contribution in [2.75, 3.05) is 0 Å². The first-order valence-electron chi connectivity index (χ1n) is 6.63. The Hall–Kier alpha value is -2.19. The van der Waals surface area contributed by atoms with Gasteiger partial charge in [0, 0.05) is 19.3 Å². The number of nitrogens with zero attached hydrogens (tertiary/aromatic N) is 1. The highest BCUT2D eigenvalue weighted by Gasteiger charge is 2.38. The number of aliphatic carboxylic acids is 1. The van der Waals surface area contributed by atoms with Crippen LogP contribution in [0.15, 0.2) is 30.5 Å². The van der Waals surface area contributed by atoms with Crippen LogP contribution < -0.4 is 5.32 Å². The number of halogens is 5. The number of pyridine rings is 1. The standard InChI is InChI=1S/C13H10ClFN2.C2HF3O2/c14-11-3-4-17-13(15)12(11)8-1-2-9-6-16-7-10(9)5-8;3-2(4,5)1(6)7/h1-5,16H,6-7H2;(H,6,7). The molecule has 2 aromatic rings. The summed E-state index contributed by atoms with van der Waals surface area (Å²) in [6.07, 6.45) is -3.71. The van der Waals surface area contributed by atoms with Gasteiger partial charge < -0.3 is 10.4 Å². The van der Waals surface area contributed by atoms with E-state index in [1.54, 1.807) is 6.07 Å². The van der Waals surface area contributed by atoms with Crippen LogP contribution in [0.5, 0.6) is 0 Å². The van der Waals surface area contributed by atoms with Crippen molar-refractivity contribution < 1.29 is 27.5 Å². The predicted octanol–water partition coefficient (Wildman–Crippen LogP) is 3.78. The number of nitrogens with one attached hydrogen (secondary N) is 1. The lowest BCUT2D eigenvalue weighted by Gasteiger charge is -2.07. The van der Waals surface area contributed by atoms with Gasteiger partial charge >= 0.3 is 12.1 Å². The predicted molar refractivity (Wildman–Crippen MR) is 78.9 cm³/mol. The minimum absolute atomic E-state index is 0.379. The van der Waals surface area contributed by atoms with E-state index >= 15 is 0 Å². The van der Waals surface area contributed by atoms with Crippen LogP contribution in [0.1, 0.15) is 11.1 Å². The van der Waals surface area contributed by atoms with E-state index in [0.29, 0.717) is 10.6 Å². The molecule has 128 valence electrons. The Kier molecular flexibility index (Phi) is 5.40. The molecule has 0 saturated heterocycles. The van der Waals surface area contributed by atoms with Gasteiger partial charge in [-0.15, -0.1) is 0 Å². The summed E-state index contributed by atoms with van der Waals surface area (Å²) in [7, 11) is 0. The molecule has 0 bridgehead atoms. The molecule has 0 spiro atoms. The van der Waals surface area contributed by atoms with Gasteiger partial charge in [-0.3, -0.25) is 0 Å². The van der Waals surface area contributed by atoms with Crippen LogP contribution in [0.4, 0.5) is 17.6 Å². The lowest BCUT2D eigenvalue weighted by Crippen LogP contribution is -2.21. The normalized spacial score (nSPS) is 13.0. The van der Waals surface area contributed by atoms with Gasteiger partial charge in [-0.25, -0.2) is 9.78 Å². The molecule has 1 aliphatic heterocycles. The monoisotopic (exact) mass is 362 g/mol. The smallest absolute Gasteiger partial charge is 0.475 e. The van der Waals surface area contributed by atoms with Gasteiger partial charge in [0.15, 0.2) is 0 Å². The largest absolute Gasteiger partial charge is 0.490 e. The Morgan fingerprint density at radius 2 is 1.83 bits per heavy atom. The van der Waals surface area contributed by atoms with E-state index < -0.39 is 18.1 Å². The van der Waals surface area contributed by atoms with Crippen LogP contribution in [0.25, 0.3) is 11.1 Å². The maximum absolute atomic E-state index is 13.7. The van der Waals surface area contributed by atoms with Gasteiger partial charge in [0.25, 0.3) is 0 Å². The summed E-state index contributed by atoms with van der Waals surface area (Å²) in [5.74, 6) is -3.28. The molecule has 0 aliphatic carbocycles. The van der Waals surface area contributed by atoms with Crippen molar-refractivity contribution in [1.29, 1.82) is 0 Å². The molecule has 0 fully saturated rings. The van der Waals surface area contributed by atoms with Crippen LogP contribution in [-0.4, -0.2) is 22.2 Å². The second-order valence-electron chi connectivity index (χ2n) is 4.85. The second-order valence-corrected chi connectivity index (χ2v) is 5.26. The Bertz CT molecular complexity index is 745. The average molecular weight is 363 g/mol. The number of fused-ring (bicyclic) bond motifs is 1. The van der Waals surface area contributed by atoms with Crippen LogP contribution in [0.3, 0.4) is 0 Å². The van der Waals surface area contributed by atoms with Gasteiger partial charge in [-0.2, -0.15) is 17.6 Å². The van der Waals surface area contributed by atoms with Crippen molar-refractivity contribution in [3.63, 3.8) is 0 Å². The summed E-state index contributed by atoms with van der Waals surface area (Å²) in [5, 5.41) is 10.8. The topological polar surface area (TPSA) is 62.2 Å². The van der Waals surface area contributed by atoms with Crippen LogP contribution >= 0.6 is 11.6 Å². The highest BCUT2D eigenvalue weighted by molar-refractivity contribution is 6.33. The molecule has 0 unspecified atom stereocenters. The molecular formula is C15H11ClF4N2O2. The number of aromatic nitrogens is 1. The van der Waals surface area contributed by atoms with Crippen molar-refractivity contribution in [2.45, 2.75) is 19.3 Å². The minimum Gasteiger partial charge on any atom is -0.475 e. The highest BCUT2D eigenvalue weighted by Crippen LogP contribution is 2.31. The number of benzene rings is 1. The average Bonchev–Trinajstić information content (AvgIpc) is 2.94. The third-order valence-electron chi connectivity index (χ3n) is 3.22. The lowest BCUT2D eigenvalue weighted by molar-refractivity contribution is -0.192. The minimum atomic E-state index is -5.08. The van der Waals surface area contributed by atoms with Crippen LogP contribution in [-0.2, 0) is 17.9 Å². The Balaban J connectivity index is 0.000000256. The summed E-state index contributed by atoms with van der Waals surface area (Å²) >= 11 is 6.02. The SMILES string of the molecule is Fc1nccc(Cl)c1-c1ccc2c(c1)CNC2.O=C(O)C(F)(F)F. The third kappa shape index (κ3) is 4.21. The molecule has 3 rings (SSSR count). The van der Waals surface area contributed by atoms with Crippen molar-refractivity contribution in [3.05, 3.63) is 52.6 Å². The molecule has 9 heteroatoms. The fraction of sp³-hybridized carbons (Fsp3) is 0.200. The summed E-state index contributed by atoms with van der Waals surface area (Å²) in [5.41, 5.74) is 3.61. The summed E-state index contributed by atoms with van der Waals surface area (Å²) in [6, 6.07) is 7.47. The molecule has 1 aliphatic rings. The van der Waals surface area contributed by atoms with E-state index in [0.717, 1.165) is 18.7 Å². The first-order chi connectivity index (χ1) is 11.2. The molecular weight excluding hydrogens is 352 g/mol. The van der Waals surface area contributed by atoms with Crippen LogP contribution in [0, 0.1) is 5.95 Å². The molecule has 24 heavy (non-hydrogen) atoms. The number of carboxylic acid groups (broad SMARTS) is 1. The molecule has 1 aromatic carbocycles. The van der Waals surface area contributed by atoms with Gasteiger partial charge in [0.2, 0.25) is 5.95 Å². The van der Waals surface area contributed by atoms with E-state index in [4.69, 9.17) is 21.5 Å². The van der Waals surface area contributed by atoms with E-state index in [1.165, 1.54) is 17.3 Å². The van der Waals surface area contributed by atoms with E-state index in [1.807, 2.05) is 18.2 Å². The van der Waals surface area contributed by atoms with Gasteiger partial charge in [-0.05, 0) is 28.8 Å². The Morgan fingerprint density at radius 1 is 1.21 bits per heavy atom. The van der Waals surface area contributed by atoms with Crippen molar-refractivity contribution in [1.82, 2.24) is 10.3 Å². The van der Waals surface area contributed by atoms with E-state index in [-0.39, 0.29) is 0 Å². The Labute approximate surface area is 139 Å². The van der Waals surface area contributed by atoms with Gasteiger partial charge in [0.1, 0.15) is 0 Å². The van der Waals surface area contributed by atoms with Gasteiger partial charge in [-0.1, -0.05) is 23.7 Å².